The summed E-state index contributed by atoms with van der Waals surface area (Å²) in [5, 5.41) is 30.1. The van der Waals surface area contributed by atoms with E-state index in [-0.39, 0.29) is 122 Å². The van der Waals surface area contributed by atoms with Crippen LogP contribution in [0.2, 0.25) is 0 Å². The number of fused-ring (bicyclic) bond motifs is 2. The fourth-order valence-electron chi connectivity index (χ4n) is 8.60. The zero-order valence-corrected chi connectivity index (χ0v) is 49.6. The molecule has 4 aromatic carbocycles. The summed E-state index contributed by atoms with van der Waals surface area (Å²) < 4.78 is 69.8. The Balaban J connectivity index is 0.000000341. The normalized spacial score (nSPS) is 14.0. The van der Waals surface area contributed by atoms with Crippen molar-refractivity contribution in [3.8, 4) is 34.7 Å². The molecular formula is C50H60K2N8O9S2. The van der Waals surface area contributed by atoms with E-state index >= 15 is 0 Å². The summed E-state index contributed by atoms with van der Waals surface area (Å²) in [5.41, 5.74) is 10.3. The van der Waals surface area contributed by atoms with Gasteiger partial charge in [-0.1, -0.05) is 48.5 Å². The number of rotatable bonds is 15. The third kappa shape index (κ3) is 15.5. The number of carbonyl (C=O) groups excluding carboxylic acids is 1. The van der Waals surface area contributed by atoms with Crippen LogP contribution in [0.4, 0.5) is 11.4 Å². The number of aryl methyl sites for hydroxylation is 4. The largest absolute Gasteiger partial charge is 1.00 e. The van der Waals surface area contributed by atoms with Gasteiger partial charge in [0.25, 0.3) is 6.47 Å². The van der Waals surface area contributed by atoms with Gasteiger partial charge in [0.1, 0.15) is 12.1 Å². The molecule has 368 valence electrons. The molecule has 21 heteroatoms. The zero-order valence-electron chi connectivity index (χ0n) is 42.7. The molecule has 2 aliphatic rings. The van der Waals surface area contributed by atoms with E-state index in [1.54, 1.807) is 19.2 Å². The first-order valence-corrected chi connectivity index (χ1v) is 26.0. The smallest absolute Gasteiger partial charge is 1.00 e. The Kier molecular flexibility index (Phi) is 24.4. The first-order chi connectivity index (χ1) is 33.2. The van der Waals surface area contributed by atoms with Crippen molar-refractivity contribution in [3.05, 3.63) is 107 Å². The number of morpholine rings is 2. The molecular weight excluding hydrogens is 999 g/mol. The van der Waals surface area contributed by atoms with Gasteiger partial charge in [0.15, 0.2) is 0 Å². The fraction of sp³-hybridized carbons (Fsp3) is 0.380. The maximum atomic E-state index is 12.9. The van der Waals surface area contributed by atoms with Crippen LogP contribution < -0.4 is 117 Å². The van der Waals surface area contributed by atoms with Crippen molar-refractivity contribution >= 4 is 59.7 Å². The molecule has 8 rings (SSSR count). The van der Waals surface area contributed by atoms with E-state index in [2.05, 4.69) is 66.7 Å². The molecule has 2 saturated heterocycles. The summed E-state index contributed by atoms with van der Waals surface area (Å²) in [4.78, 5) is 15.5. The Hall–Kier alpha value is -3.02. The number of hydrogen-bond donors (Lipinski definition) is 1. The van der Waals surface area contributed by atoms with Gasteiger partial charge < -0.3 is 30.2 Å². The number of aromatic nitrogens is 2. The molecule has 0 spiro atoms. The van der Waals surface area contributed by atoms with E-state index in [0.717, 1.165) is 94.7 Å². The van der Waals surface area contributed by atoms with Crippen molar-refractivity contribution in [2.75, 3.05) is 93.3 Å². The third-order valence-electron chi connectivity index (χ3n) is 12.2. The number of nitriles is 2. The van der Waals surface area contributed by atoms with Crippen LogP contribution in [0.25, 0.3) is 44.3 Å². The van der Waals surface area contributed by atoms with Crippen LogP contribution in [0.3, 0.4) is 0 Å². The average Bonchev–Trinajstić information content (AvgIpc) is 3.86. The van der Waals surface area contributed by atoms with E-state index in [1.807, 2.05) is 74.5 Å². The summed E-state index contributed by atoms with van der Waals surface area (Å²) in [6.07, 6.45) is 0. The summed E-state index contributed by atoms with van der Waals surface area (Å²) in [5.74, 6) is 0.101. The van der Waals surface area contributed by atoms with Gasteiger partial charge in [-0.2, -0.15) is 10.5 Å². The van der Waals surface area contributed by atoms with Crippen LogP contribution in [-0.4, -0.2) is 126 Å². The van der Waals surface area contributed by atoms with Gasteiger partial charge >= 0.3 is 103 Å². The zero-order chi connectivity index (χ0) is 49.7. The number of carbonyl (C=O) groups is 1. The standard InChI is InChI=1S/C25H30N4O3S.C24H28N4O3S.CH2O3.2K.H/c1-4-29-24-17-19(2)5-10-22(24)23(18-26)25(29)20-6-8-21(9-7-20)27(3)33(30,31)16-13-28-11-14-32-15-12-28;1-3-28-23-16-18(2)4-9-21(23)22(17-25)24(28)19-5-7-20(8-6-19)26-32(29,30)15-12-27-10-13-31-14-11-27;2-1-4-3;;;/h5-10,17H,4,11-16H2,1-3H3;4-9,16,26H,3,10-15H2,1-2H3;1,3H;;;/q;;;2*+1;-1/p-1. The van der Waals surface area contributed by atoms with Crippen molar-refractivity contribution < 1.29 is 145 Å². The first-order valence-electron chi connectivity index (χ1n) is 22.7. The predicted octanol–water partition coefficient (Wildman–Crippen LogP) is -0.256. The maximum Gasteiger partial charge on any atom is 1.00 e. The van der Waals surface area contributed by atoms with E-state index in [0.29, 0.717) is 62.0 Å². The van der Waals surface area contributed by atoms with Crippen LogP contribution in [0.15, 0.2) is 84.9 Å². The molecule has 0 bridgehead atoms. The second-order valence-corrected chi connectivity index (χ2v) is 20.6. The SMILES string of the molecule is CCn1c(-c2ccc(N(C)S(=O)(=O)CCN3CCOCC3)cc2)c(C#N)c2ccc(C)cc21.CCn1c(-c2ccc(NS(=O)(=O)CCN3CCOCC3)cc2)c(C#N)c2ccc(C)cc21.O=CO[O-].[H-].[K+].[K+]. The molecule has 0 aliphatic carbocycles. The molecule has 0 atom stereocenters. The molecule has 0 saturated carbocycles. The second-order valence-electron chi connectivity index (χ2n) is 16.6. The van der Waals surface area contributed by atoms with E-state index in [9.17, 15) is 27.4 Å². The van der Waals surface area contributed by atoms with Crippen LogP contribution in [-0.2, 0) is 52.3 Å². The Morgan fingerprint density at radius 3 is 1.51 bits per heavy atom. The molecule has 2 fully saturated rings. The number of anilines is 2. The van der Waals surface area contributed by atoms with Crippen molar-refractivity contribution in [1.29, 1.82) is 10.5 Å². The van der Waals surface area contributed by atoms with Gasteiger partial charge in [0.05, 0.1) is 77.2 Å². The molecule has 4 heterocycles. The summed E-state index contributed by atoms with van der Waals surface area (Å²) in [7, 11) is -5.31. The predicted molar refractivity (Wildman–Crippen MR) is 267 cm³/mol. The Bertz CT molecular complexity index is 3040. The molecule has 2 aromatic heterocycles. The Morgan fingerprint density at radius 1 is 0.704 bits per heavy atom. The van der Waals surface area contributed by atoms with E-state index in [4.69, 9.17) is 19.5 Å². The quantitative estimate of drug-likeness (QED) is 0.0609. The molecule has 71 heavy (non-hydrogen) atoms. The third-order valence-corrected chi connectivity index (χ3v) is 15.2. The minimum atomic E-state index is -3.45. The molecule has 2 aliphatic heterocycles. The van der Waals surface area contributed by atoms with Gasteiger partial charge in [0, 0.05) is 75.9 Å². The Labute approximate surface area is 504 Å². The first kappa shape index (κ1) is 60.5. The number of nitrogens with zero attached hydrogens (tertiary/aromatic N) is 7. The van der Waals surface area contributed by atoms with Crippen LogP contribution >= 0.6 is 0 Å². The van der Waals surface area contributed by atoms with Gasteiger partial charge in [-0.25, -0.2) is 16.8 Å². The van der Waals surface area contributed by atoms with Crippen LogP contribution in [0, 0.1) is 36.5 Å². The molecule has 0 unspecified atom stereocenters. The number of hydrogen-bond acceptors (Lipinski definition) is 13. The number of nitrogens with one attached hydrogen (secondary N) is 1. The number of benzene rings is 4. The summed E-state index contributed by atoms with van der Waals surface area (Å²) >= 11 is 0. The van der Waals surface area contributed by atoms with Gasteiger partial charge in [0.2, 0.25) is 20.0 Å². The van der Waals surface area contributed by atoms with Crippen molar-refractivity contribution in [2.45, 2.75) is 40.8 Å². The summed E-state index contributed by atoms with van der Waals surface area (Å²) in [6.45, 7) is 16.1. The van der Waals surface area contributed by atoms with Crippen LogP contribution in [0.1, 0.15) is 37.5 Å². The maximum absolute atomic E-state index is 12.9. The second kappa shape index (κ2) is 28.6. The van der Waals surface area contributed by atoms with Gasteiger partial charge in [-0.15, -0.1) is 0 Å². The molecule has 17 nitrogen and oxygen atoms in total. The summed E-state index contributed by atoms with van der Waals surface area (Å²) in [6, 6.07) is 31.7. The molecule has 6 aromatic rings. The Morgan fingerprint density at radius 2 is 1.11 bits per heavy atom. The van der Waals surface area contributed by atoms with Crippen LogP contribution in [0.5, 0.6) is 0 Å². The monoisotopic (exact) mass is 1060 g/mol. The van der Waals surface area contributed by atoms with Gasteiger partial charge in [-0.3, -0.25) is 23.6 Å². The minimum absolute atomic E-state index is 0. The van der Waals surface area contributed by atoms with E-state index in [1.165, 1.54) is 4.31 Å². The molecule has 0 amide bonds. The average molecular weight is 1060 g/mol. The fourth-order valence-corrected chi connectivity index (χ4v) is 10.9. The number of ether oxygens (including phenoxy) is 2. The molecule has 1 N–H and O–H groups in total. The van der Waals surface area contributed by atoms with Gasteiger partial charge in [-0.05, 0) is 86.3 Å². The van der Waals surface area contributed by atoms with Crippen molar-refractivity contribution in [2.24, 2.45) is 0 Å². The van der Waals surface area contributed by atoms with Crippen molar-refractivity contribution in [1.82, 2.24) is 18.9 Å². The van der Waals surface area contributed by atoms with E-state index < -0.39 is 20.0 Å². The number of sulfonamides is 2. The van der Waals surface area contributed by atoms with Crippen molar-refractivity contribution in [3.63, 3.8) is 0 Å². The minimum Gasteiger partial charge on any atom is -1.00 e. The molecule has 0 radical (unpaired) electrons. The topological polar surface area (TPSA) is 215 Å².